The van der Waals surface area contributed by atoms with Crippen molar-refractivity contribution in [1.29, 1.82) is 0 Å². The zero-order chi connectivity index (χ0) is 14.3. The third kappa shape index (κ3) is 6.45. The van der Waals surface area contributed by atoms with Crippen molar-refractivity contribution >= 4 is 11.9 Å². The quantitative estimate of drug-likeness (QED) is 0.790. The largest absolute Gasteiger partial charge is 0.491 e. The molecule has 0 aliphatic heterocycles. The maximum atomic E-state index is 11.3. The van der Waals surface area contributed by atoms with Crippen LogP contribution in [-0.4, -0.2) is 23.1 Å². The second kappa shape index (κ2) is 7.41. The Balaban J connectivity index is 2.37. The third-order valence-corrected chi connectivity index (χ3v) is 2.35. The molecule has 5 heteroatoms. The van der Waals surface area contributed by atoms with Crippen molar-refractivity contribution in [3.05, 3.63) is 29.8 Å². The fourth-order valence-corrected chi connectivity index (χ4v) is 1.47. The summed E-state index contributed by atoms with van der Waals surface area (Å²) in [6, 6.07) is 7.43. The molecule has 19 heavy (non-hydrogen) atoms. The Kier molecular flexibility index (Phi) is 5.85. The van der Waals surface area contributed by atoms with Crippen molar-refractivity contribution < 1.29 is 19.4 Å². The van der Waals surface area contributed by atoms with Gasteiger partial charge in [0.05, 0.1) is 12.5 Å². The van der Waals surface area contributed by atoms with Crippen molar-refractivity contribution in [3.8, 4) is 5.75 Å². The maximum absolute atomic E-state index is 11.3. The average molecular weight is 265 g/mol. The smallest absolute Gasteiger partial charge is 0.303 e. The monoisotopic (exact) mass is 265 g/mol. The zero-order valence-corrected chi connectivity index (χ0v) is 11.2. The Morgan fingerprint density at radius 1 is 1.21 bits per heavy atom. The molecule has 0 radical (unpaired) electrons. The summed E-state index contributed by atoms with van der Waals surface area (Å²) in [6.45, 7) is 4.30. The van der Waals surface area contributed by atoms with Gasteiger partial charge in [-0.05, 0) is 31.5 Å². The Morgan fingerprint density at radius 2 is 1.84 bits per heavy atom. The van der Waals surface area contributed by atoms with Crippen LogP contribution in [0.3, 0.4) is 0 Å². The van der Waals surface area contributed by atoms with E-state index in [1.807, 2.05) is 38.1 Å². The van der Waals surface area contributed by atoms with E-state index in [0.717, 1.165) is 11.3 Å². The highest BCUT2D eigenvalue weighted by atomic mass is 16.5. The van der Waals surface area contributed by atoms with Gasteiger partial charge in [-0.2, -0.15) is 0 Å². The van der Waals surface area contributed by atoms with E-state index < -0.39 is 5.97 Å². The van der Waals surface area contributed by atoms with Crippen LogP contribution in [0.2, 0.25) is 0 Å². The Bertz CT molecular complexity index is 426. The lowest BCUT2D eigenvalue weighted by molar-refractivity contribution is -0.138. The summed E-state index contributed by atoms with van der Waals surface area (Å²) >= 11 is 0. The first-order chi connectivity index (χ1) is 8.97. The van der Waals surface area contributed by atoms with Gasteiger partial charge in [0.2, 0.25) is 5.91 Å². The van der Waals surface area contributed by atoms with Gasteiger partial charge in [0.25, 0.3) is 0 Å². The van der Waals surface area contributed by atoms with Gasteiger partial charge in [0.1, 0.15) is 5.75 Å². The second-order valence-corrected chi connectivity index (χ2v) is 4.48. The van der Waals surface area contributed by atoms with E-state index >= 15 is 0 Å². The molecule has 1 rings (SSSR count). The molecule has 0 bridgehead atoms. The molecule has 0 aromatic heterocycles. The molecule has 0 aliphatic carbocycles. The van der Waals surface area contributed by atoms with Crippen molar-refractivity contribution in [1.82, 2.24) is 5.32 Å². The van der Waals surface area contributed by atoms with E-state index in [1.165, 1.54) is 0 Å². The van der Waals surface area contributed by atoms with Gasteiger partial charge in [0.15, 0.2) is 0 Å². The number of carboxylic acid groups (broad SMARTS) is 1. The summed E-state index contributed by atoms with van der Waals surface area (Å²) < 4.78 is 5.51. The first-order valence-corrected chi connectivity index (χ1v) is 6.21. The number of rotatable bonds is 7. The number of nitrogens with one attached hydrogen (secondary N) is 1. The summed E-state index contributed by atoms with van der Waals surface area (Å²) in [6.07, 6.45) is -0.0155. The van der Waals surface area contributed by atoms with Gasteiger partial charge in [-0.1, -0.05) is 12.1 Å². The van der Waals surface area contributed by atoms with Crippen LogP contribution in [0, 0.1) is 0 Å². The van der Waals surface area contributed by atoms with E-state index in [-0.39, 0.29) is 24.9 Å². The van der Waals surface area contributed by atoms with Crippen LogP contribution in [0.15, 0.2) is 24.3 Å². The van der Waals surface area contributed by atoms with Crippen molar-refractivity contribution in [2.24, 2.45) is 0 Å². The molecule has 5 nitrogen and oxygen atoms in total. The summed E-state index contributed by atoms with van der Waals surface area (Å²) in [7, 11) is 0. The first kappa shape index (κ1) is 15.0. The van der Waals surface area contributed by atoms with Crippen LogP contribution < -0.4 is 10.1 Å². The Hall–Kier alpha value is -2.04. The number of hydrogen-bond donors (Lipinski definition) is 2. The molecule has 0 heterocycles. The lowest BCUT2D eigenvalue weighted by atomic mass is 10.2. The van der Waals surface area contributed by atoms with Crippen LogP contribution in [-0.2, 0) is 16.1 Å². The summed E-state index contributed by atoms with van der Waals surface area (Å²) in [5.74, 6) is -0.439. The minimum Gasteiger partial charge on any atom is -0.491 e. The van der Waals surface area contributed by atoms with Gasteiger partial charge in [-0.15, -0.1) is 0 Å². The number of hydrogen-bond acceptors (Lipinski definition) is 3. The number of carbonyl (C=O) groups excluding carboxylic acids is 1. The average Bonchev–Trinajstić information content (AvgIpc) is 2.35. The molecule has 104 valence electrons. The topological polar surface area (TPSA) is 75.6 Å². The van der Waals surface area contributed by atoms with Crippen molar-refractivity contribution in [3.63, 3.8) is 0 Å². The normalized spacial score (nSPS) is 10.3. The molecule has 2 N–H and O–H groups in total. The minimum absolute atomic E-state index is 0.00385. The van der Waals surface area contributed by atoms with Crippen molar-refractivity contribution in [2.45, 2.75) is 39.3 Å². The molecule has 0 spiro atoms. The molecule has 0 saturated heterocycles. The number of carboxylic acids is 1. The standard InChI is InChI=1S/C14H19NO4/c1-10(2)19-12-5-3-11(4-6-12)9-15-13(16)7-8-14(17)18/h3-6,10H,7-9H2,1-2H3,(H,15,16)(H,17,18). The van der Waals surface area contributed by atoms with Crippen LogP contribution in [0.25, 0.3) is 0 Å². The van der Waals surface area contributed by atoms with Gasteiger partial charge >= 0.3 is 5.97 Å². The van der Waals surface area contributed by atoms with Gasteiger partial charge in [-0.25, -0.2) is 0 Å². The predicted molar refractivity (Wildman–Crippen MR) is 70.9 cm³/mol. The van der Waals surface area contributed by atoms with Crippen LogP contribution in [0.4, 0.5) is 0 Å². The molecule has 1 aromatic rings. The van der Waals surface area contributed by atoms with Crippen LogP contribution in [0.5, 0.6) is 5.75 Å². The van der Waals surface area contributed by atoms with Gasteiger partial charge in [-0.3, -0.25) is 9.59 Å². The molecule has 0 unspecified atom stereocenters. The molecular formula is C14H19NO4. The fraction of sp³-hybridized carbons (Fsp3) is 0.429. The van der Waals surface area contributed by atoms with Crippen LogP contribution >= 0.6 is 0 Å². The summed E-state index contributed by atoms with van der Waals surface area (Å²) in [4.78, 5) is 21.6. The van der Waals surface area contributed by atoms with E-state index in [9.17, 15) is 9.59 Å². The van der Waals surface area contributed by atoms with E-state index in [2.05, 4.69) is 5.32 Å². The molecule has 1 aromatic carbocycles. The lowest BCUT2D eigenvalue weighted by Crippen LogP contribution is -2.23. The zero-order valence-electron chi connectivity index (χ0n) is 11.2. The maximum Gasteiger partial charge on any atom is 0.303 e. The Morgan fingerprint density at radius 3 is 2.37 bits per heavy atom. The van der Waals surface area contributed by atoms with Gasteiger partial charge < -0.3 is 15.2 Å². The molecule has 0 aliphatic rings. The second-order valence-electron chi connectivity index (χ2n) is 4.48. The molecular weight excluding hydrogens is 246 g/mol. The number of amides is 1. The van der Waals surface area contributed by atoms with E-state index in [1.54, 1.807) is 0 Å². The van der Waals surface area contributed by atoms with Crippen molar-refractivity contribution in [2.75, 3.05) is 0 Å². The van der Waals surface area contributed by atoms with Crippen LogP contribution in [0.1, 0.15) is 32.3 Å². The minimum atomic E-state index is -0.967. The number of aliphatic carboxylic acids is 1. The Labute approximate surface area is 112 Å². The molecule has 1 amide bonds. The summed E-state index contributed by atoms with van der Waals surface area (Å²) in [5.41, 5.74) is 0.944. The first-order valence-electron chi connectivity index (χ1n) is 6.21. The predicted octanol–water partition coefficient (Wildman–Crippen LogP) is 1.95. The number of benzene rings is 1. The molecule has 0 saturated carbocycles. The fourth-order valence-electron chi connectivity index (χ4n) is 1.47. The van der Waals surface area contributed by atoms with E-state index in [4.69, 9.17) is 9.84 Å². The highest BCUT2D eigenvalue weighted by molar-refractivity contribution is 5.80. The van der Waals surface area contributed by atoms with Gasteiger partial charge in [0, 0.05) is 13.0 Å². The highest BCUT2D eigenvalue weighted by Gasteiger charge is 2.05. The SMILES string of the molecule is CC(C)Oc1ccc(CNC(=O)CCC(=O)O)cc1. The summed E-state index contributed by atoms with van der Waals surface area (Å²) in [5, 5.41) is 11.1. The lowest BCUT2D eigenvalue weighted by Gasteiger charge is -2.10. The molecule has 0 atom stereocenters. The number of ether oxygens (including phenoxy) is 1. The number of carbonyl (C=O) groups is 2. The molecule has 0 fully saturated rings. The highest BCUT2D eigenvalue weighted by Crippen LogP contribution is 2.13. The third-order valence-electron chi connectivity index (χ3n) is 2.35. The van der Waals surface area contributed by atoms with E-state index in [0.29, 0.717) is 6.54 Å².